The first-order valence-electron chi connectivity index (χ1n) is 9.89. The Morgan fingerprint density at radius 3 is 2.53 bits per heavy atom. The summed E-state index contributed by atoms with van der Waals surface area (Å²) < 4.78 is 27.6. The first-order chi connectivity index (χ1) is 14.3. The number of nitrogens with one attached hydrogen (secondary N) is 1. The van der Waals surface area contributed by atoms with E-state index in [1.165, 1.54) is 12.1 Å². The Labute approximate surface area is 176 Å². The Bertz CT molecular complexity index is 1170. The molecule has 1 aromatic carbocycles. The number of amides is 1. The Kier molecular flexibility index (Phi) is 5.19. The van der Waals surface area contributed by atoms with Gasteiger partial charge >= 0.3 is 0 Å². The van der Waals surface area contributed by atoms with E-state index in [0.717, 1.165) is 12.0 Å². The maximum Gasteiger partial charge on any atom is 0.228 e. The third kappa shape index (κ3) is 3.87. The summed E-state index contributed by atoms with van der Waals surface area (Å²) in [6.07, 6.45) is 5.87. The number of carbonyl (C=O) groups excluding carboxylic acids is 1. The van der Waals surface area contributed by atoms with Crippen molar-refractivity contribution < 1.29 is 13.2 Å². The first-order valence-corrected chi connectivity index (χ1v) is 11.4. The Morgan fingerprint density at radius 1 is 1.20 bits per heavy atom. The number of anilines is 1. The zero-order valence-electron chi connectivity index (χ0n) is 17.1. The van der Waals surface area contributed by atoms with Gasteiger partial charge in [0.05, 0.1) is 10.6 Å². The maximum atomic E-state index is 13.0. The van der Waals surface area contributed by atoms with Gasteiger partial charge in [0, 0.05) is 36.2 Å². The van der Waals surface area contributed by atoms with E-state index in [-0.39, 0.29) is 33.6 Å². The van der Waals surface area contributed by atoms with E-state index in [4.69, 9.17) is 0 Å². The van der Waals surface area contributed by atoms with Crippen molar-refractivity contribution in [3.05, 3.63) is 66.2 Å². The summed E-state index contributed by atoms with van der Waals surface area (Å²) in [5.74, 6) is 0.0504. The average Bonchev–Trinajstić information content (AvgIpc) is 3.43. The van der Waals surface area contributed by atoms with Crippen LogP contribution in [0, 0.1) is 12.8 Å². The fraction of sp³-hybridized carbons (Fsp3) is 0.318. The number of pyridine rings is 1. The van der Waals surface area contributed by atoms with Crippen LogP contribution in [0.3, 0.4) is 0 Å². The molecule has 1 aliphatic rings. The summed E-state index contributed by atoms with van der Waals surface area (Å²) >= 11 is 0. The maximum absolute atomic E-state index is 13.0. The van der Waals surface area contributed by atoms with Gasteiger partial charge in [0.25, 0.3) is 0 Å². The van der Waals surface area contributed by atoms with Crippen LogP contribution in [0.5, 0.6) is 0 Å². The number of aryl methyl sites for hydroxylation is 1. The topological polar surface area (TPSA) is 94.0 Å². The number of benzene rings is 1. The fourth-order valence-corrected chi connectivity index (χ4v) is 4.95. The van der Waals surface area contributed by atoms with Crippen molar-refractivity contribution >= 4 is 21.4 Å². The summed E-state index contributed by atoms with van der Waals surface area (Å²) in [4.78, 5) is 17.0. The monoisotopic (exact) mass is 424 g/mol. The van der Waals surface area contributed by atoms with E-state index in [0.29, 0.717) is 11.4 Å². The molecule has 156 valence electrons. The van der Waals surface area contributed by atoms with Crippen LogP contribution in [0.4, 0.5) is 5.69 Å². The predicted molar refractivity (Wildman–Crippen MR) is 113 cm³/mol. The molecular formula is C22H24N4O3S. The van der Waals surface area contributed by atoms with Crippen molar-refractivity contribution in [1.29, 1.82) is 0 Å². The summed E-state index contributed by atoms with van der Waals surface area (Å²) in [6.45, 7) is 5.58. The lowest BCUT2D eigenvalue weighted by Crippen LogP contribution is -2.14. The van der Waals surface area contributed by atoms with E-state index in [1.54, 1.807) is 42.3 Å². The number of carbonyl (C=O) groups is 1. The van der Waals surface area contributed by atoms with Crippen molar-refractivity contribution in [3.8, 4) is 0 Å². The van der Waals surface area contributed by atoms with Gasteiger partial charge in [-0.15, -0.1) is 0 Å². The van der Waals surface area contributed by atoms with Crippen LogP contribution in [-0.2, 0) is 14.6 Å². The molecule has 0 saturated heterocycles. The first kappa shape index (κ1) is 20.3. The van der Waals surface area contributed by atoms with Gasteiger partial charge in [0.1, 0.15) is 4.90 Å². The standard InChI is InChI=1S/C22H24N4O3S/c1-14(2)26-13-21(15(3)25-26)30(28,29)18-8-6-17(7-9-18)24-22(27)20-11-19(20)16-5-4-10-23-12-16/h4-10,12-14,19-20H,11H2,1-3H3,(H,24,27)/t19-,20-/m1/s1. The van der Waals surface area contributed by atoms with Crippen LogP contribution < -0.4 is 5.32 Å². The highest BCUT2D eigenvalue weighted by molar-refractivity contribution is 7.91. The summed E-state index contributed by atoms with van der Waals surface area (Å²) in [7, 11) is -3.68. The summed E-state index contributed by atoms with van der Waals surface area (Å²) in [5.41, 5.74) is 2.11. The lowest BCUT2D eigenvalue weighted by molar-refractivity contribution is -0.117. The predicted octanol–water partition coefficient (Wildman–Crippen LogP) is 3.74. The summed E-state index contributed by atoms with van der Waals surface area (Å²) in [5, 5.41) is 7.18. The molecule has 1 amide bonds. The second kappa shape index (κ2) is 7.68. The molecular weight excluding hydrogens is 400 g/mol. The van der Waals surface area contributed by atoms with Gasteiger partial charge in [-0.2, -0.15) is 5.10 Å². The molecule has 7 nitrogen and oxygen atoms in total. The molecule has 8 heteroatoms. The zero-order valence-corrected chi connectivity index (χ0v) is 17.9. The molecule has 3 aromatic rings. The van der Waals surface area contributed by atoms with Gasteiger partial charge in [-0.1, -0.05) is 6.07 Å². The molecule has 0 unspecified atom stereocenters. The lowest BCUT2D eigenvalue weighted by Gasteiger charge is -2.07. The highest BCUT2D eigenvalue weighted by atomic mass is 32.2. The molecule has 2 heterocycles. The second-order valence-corrected chi connectivity index (χ2v) is 9.82. The largest absolute Gasteiger partial charge is 0.326 e. The molecule has 30 heavy (non-hydrogen) atoms. The van der Waals surface area contributed by atoms with E-state index >= 15 is 0 Å². The number of sulfone groups is 1. The molecule has 2 atom stereocenters. The van der Waals surface area contributed by atoms with Crippen LogP contribution in [0.15, 0.2) is 64.8 Å². The Hall–Kier alpha value is -3.00. The molecule has 2 aromatic heterocycles. The van der Waals surface area contributed by atoms with E-state index in [2.05, 4.69) is 15.4 Å². The van der Waals surface area contributed by atoms with E-state index < -0.39 is 9.84 Å². The van der Waals surface area contributed by atoms with Crippen LogP contribution in [0.1, 0.15) is 43.5 Å². The Morgan fingerprint density at radius 2 is 1.93 bits per heavy atom. The van der Waals surface area contributed by atoms with Gasteiger partial charge in [0.2, 0.25) is 15.7 Å². The molecule has 4 rings (SSSR count). The van der Waals surface area contributed by atoms with E-state index in [9.17, 15) is 13.2 Å². The molecule has 0 spiro atoms. The lowest BCUT2D eigenvalue weighted by atomic mass is 10.1. The minimum absolute atomic E-state index is 0.0616. The number of hydrogen-bond donors (Lipinski definition) is 1. The van der Waals surface area contributed by atoms with E-state index in [1.807, 2.05) is 26.0 Å². The molecule has 1 N–H and O–H groups in total. The fourth-order valence-electron chi connectivity index (χ4n) is 3.52. The molecule has 0 aliphatic heterocycles. The van der Waals surface area contributed by atoms with Crippen LogP contribution in [0.2, 0.25) is 0 Å². The molecule has 0 bridgehead atoms. The molecule has 1 saturated carbocycles. The van der Waals surface area contributed by atoms with Crippen molar-refractivity contribution in [2.45, 2.75) is 48.9 Å². The smallest absolute Gasteiger partial charge is 0.228 e. The zero-order chi connectivity index (χ0) is 21.5. The van der Waals surface area contributed by atoms with Crippen molar-refractivity contribution in [2.24, 2.45) is 5.92 Å². The van der Waals surface area contributed by atoms with Gasteiger partial charge in [0.15, 0.2) is 0 Å². The third-order valence-corrected chi connectivity index (χ3v) is 7.23. The average molecular weight is 425 g/mol. The Balaban J connectivity index is 1.46. The van der Waals surface area contributed by atoms with Gasteiger partial charge in [-0.3, -0.25) is 14.5 Å². The second-order valence-electron chi connectivity index (χ2n) is 7.90. The number of nitrogens with zero attached hydrogens (tertiary/aromatic N) is 3. The number of hydrogen-bond acceptors (Lipinski definition) is 5. The molecule has 1 fully saturated rings. The normalized spacial score (nSPS) is 18.4. The minimum atomic E-state index is -3.68. The van der Waals surface area contributed by atoms with Gasteiger partial charge < -0.3 is 5.32 Å². The van der Waals surface area contributed by atoms with Gasteiger partial charge in [-0.05, 0) is 69.0 Å². The van der Waals surface area contributed by atoms with Crippen LogP contribution in [0.25, 0.3) is 0 Å². The number of aromatic nitrogens is 3. The van der Waals surface area contributed by atoms with Crippen LogP contribution >= 0.6 is 0 Å². The number of rotatable bonds is 6. The highest BCUT2D eigenvalue weighted by Gasteiger charge is 2.44. The molecule has 1 aliphatic carbocycles. The molecule has 0 radical (unpaired) electrons. The van der Waals surface area contributed by atoms with Crippen molar-refractivity contribution in [2.75, 3.05) is 5.32 Å². The van der Waals surface area contributed by atoms with Crippen LogP contribution in [-0.4, -0.2) is 29.1 Å². The minimum Gasteiger partial charge on any atom is -0.326 e. The highest BCUT2D eigenvalue weighted by Crippen LogP contribution is 2.47. The van der Waals surface area contributed by atoms with Crippen molar-refractivity contribution in [1.82, 2.24) is 14.8 Å². The third-order valence-electron chi connectivity index (χ3n) is 5.36. The van der Waals surface area contributed by atoms with Crippen molar-refractivity contribution in [3.63, 3.8) is 0 Å². The summed E-state index contributed by atoms with van der Waals surface area (Å²) in [6, 6.07) is 10.2. The SMILES string of the molecule is Cc1nn(C(C)C)cc1S(=O)(=O)c1ccc(NC(=O)[C@@H]2C[C@@H]2c2cccnc2)cc1. The quantitative estimate of drug-likeness (QED) is 0.650. The van der Waals surface area contributed by atoms with Gasteiger partial charge in [-0.25, -0.2) is 8.42 Å².